The van der Waals surface area contributed by atoms with Gasteiger partial charge in [0.25, 0.3) is 11.8 Å². The topological polar surface area (TPSA) is 105 Å². The molecule has 1 unspecified atom stereocenters. The van der Waals surface area contributed by atoms with Crippen LogP contribution < -0.4 is 20.3 Å². The van der Waals surface area contributed by atoms with Crippen molar-refractivity contribution in [2.24, 2.45) is 0 Å². The van der Waals surface area contributed by atoms with Gasteiger partial charge in [-0.1, -0.05) is 59.6 Å². The van der Waals surface area contributed by atoms with E-state index < -0.39 is 17.1 Å². The van der Waals surface area contributed by atoms with Crippen LogP contribution in [0.25, 0.3) is 6.08 Å². The van der Waals surface area contributed by atoms with E-state index in [4.69, 9.17) is 4.74 Å². The third-order valence-corrected chi connectivity index (χ3v) is 8.74. The van der Waals surface area contributed by atoms with E-state index in [-0.39, 0.29) is 23.9 Å². The Morgan fingerprint density at radius 3 is 2.39 bits per heavy atom. The minimum atomic E-state index is -0.568. The first-order valence-corrected chi connectivity index (χ1v) is 16.5. The van der Waals surface area contributed by atoms with Crippen molar-refractivity contribution < 1.29 is 23.9 Å². The highest BCUT2D eigenvalue weighted by Crippen LogP contribution is 2.35. The molecule has 4 aromatic carbocycles. The molecule has 234 valence electrons. The maximum absolute atomic E-state index is 13.4. The molecule has 0 aromatic heterocycles. The lowest BCUT2D eigenvalue weighted by atomic mass is 10.1. The zero-order valence-electron chi connectivity index (χ0n) is 25.1. The molecule has 0 spiro atoms. The molecule has 0 aliphatic carbocycles. The van der Waals surface area contributed by atoms with E-state index in [0.717, 1.165) is 27.8 Å². The molecule has 8 nitrogen and oxygen atoms in total. The van der Waals surface area contributed by atoms with Gasteiger partial charge in [-0.05, 0) is 90.9 Å². The van der Waals surface area contributed by atoms with Crippen LogP contribution >= 0.6 is 27.7 Å². The van der Waals surface area contributed by atoms with Gasteiger partial charge in [0, 0.05) is 27.0 Å². The van der Waals surface area contributed by atoms with Gasteiger partial charge in [0.05, 0.1) is 17.5 Å². The molecular formula is C36H32BrN3O5S. The summed E-state index contributed by atoms with van der Waals surface area (Å²) in [6.07, 6.45) is 3.68. The van der Waals surface area contributed by atoms with Gasteiger partial charge < -0.3 is 15.4 Å². The maximum Gasteiger partial charge on any atom is 0.272 e. The van der Waals surface area contributed by atoms with Crippen LogP contribution in [0.5, 0.6) is 5.75 Å². The SMILES string of the molecule is CCCCOc1ccc(N2C(=O)CC(Sc3ccc(NC(=O)/C(=C/c4cccc(Br)c4)NC(=O)c4ccccc4)cc3)C2=O)cc1. The number of benzene rings is 4. The number of imide groups is 1. The Labute approximate surface area is 280 Å². The number of carbonyl (C=O) groups is 4. The van der Waals surface area contributed by atoms with Crippen LogP contribution in [0.2, 0.25) is 0 Å². The van der Waals surface area contributed by atoms with Gasteiger partial charge in [-0.15, -0.1) is 11.8 Å². The largest absolute Gasteiger partial charge is 0.494 e. The van der Waals surface area contributed by atoms with Crippen LogP contribution in [0.4, 0.5) is 11.4 Å². The lowest BCUT2D eigenvalue weighted by Gasteiger charge is -2.16. The summed E-state index contributed by atoms with van der Waals surface area (Å²) >= 11 is 4.74. The van der Waals surface area contributed by atoms with Crippen molar-refractivity contribution in [3.63, 3.8) is 0 Å². The molecule has 4 amide bonds. The Morgan fingerprint density at radius 1 is 0.957 bits per heavy atom. The monoisotopic (exact) mass is 697 g/mol. The van der Waals surface area contributed by atoms with E-state index in [9.17, 15) is 19.2 Å². The highest BCUT2D eigenvalue weighted by Gasteiger charge is 2.40. The van der Waals surface area contributed by atoms with Crippen LogP contribution in [-0.4, -0.2) is 35.5 Å². The van der Waals surface area contributed by atoms with E-state index in [2.05, 4.69) is 33.5 Å². The maximum atomic E-state index is 13.4. The summed E-state index contributed by atoms with van der Waals surface area (Å²) in [5, 5.41) is 5.00. The zero-order chi connectivity index (χ0) is 32.5. The second-order valence-corrected chi connectivity index (χ2v) is 12.7. The predicted molar refractivity (Wildman–Crippen MR) is 185 cm³/mol. The van der Waals surface area contributed by atoms with Gasteiger partial charge in [0.2, 0.25) is 11.8 Å². The van der Waals surface area contributed by atoms with Crippen molar-refractivity contribution >= 4 is 68.8 Å². The molecule has 1 saturated heterocycles. The van der Waals surface area contributed by atoms with Gasteiger partial charge in [-0.25, -0.2) is 4.90 Å². The van der Waals surface area contributed by atoms with Crippen LogP contribution in [0.1, 0.15) is 42.1 Å². The first-order valence-electron chi connectivity index (χ1n) is 14.8. The summed E-state index contributed by atoms with van der Waals surface area (Å²) in [5.74, 6) is -0.746. The standard InChI is InChI=1S/C36H32BrN3O5S/c1-2-3-20-45-29-16-14-28(15-17-29)40-33(41)23-32(36(40)44)46-30-18-12-27(13-19-30)38-35(43)31(22-24-8-7-11-26(37)21-24)39-34(42)25-9-5-4-6-10-25/h4-19,21-22,32H,2-3,20,23H2,1H3,(H,38,43)(H,39,42)/b31-22-. The molecule has 0 radical (unpaired) electrons. The lowest BCUT2D eigenvalue weighted by Crippen LogP contribution is -2.31. The molecular weight excluding hydrogens is 666 g/mol. The summed E-state index contributed by atoms with van der Waals surface area (Å²) in [4.78, 5) is 54.3. The van der Waals surface area contributed by atoms with E-state index in [1.54, 1.807) is 78.9 Å². The lowest BCUT2D eigenvalue weighted by molar-refractivity contribution is -0.121. The fraction of sp³-hybridized carbons (Fsp3) is 0.167. The third kappa shape index (κ3) is 8.52. The minimum absolute atomic E-state index is 0.0705. The van der Waals surface area contributed by atoms with Crippen LogP contribution in [-0.2, 0) is 14.4 Å². The van der Waals surface area contributed by atoms with Crippen molar-refractivity contribution in [2.75, 3.05) is 16.8 Å². The zero-order valence-corrected chi connectivity index (χ0v) is 27.5. The fourth-order valence-electron chi connectivity index (χ4n) is 4.68. The first-order chi connectivity index (χ1) is 22.3. The van der Waals surface area contributed by atoms with E-state index in [1.807, 2.05) is 30.3 Å². The van der Waals surface area contributed by atoms with E-state index >= 15 is 0 Å². The van der Waals surface area contributed by atoms with Gasteiger partial charge in [-0.2, -0.15) is 0 Å². The number of carbonyl (C=O) groups excluding carboxylic acids is 4. The number of nitrogens with one attached hydrogen (secondary N) is 2. The molecule has 0 saturated carbocycles. The highest BCUT2D eigenvalue weighted by atomic mass is 79.9. The number of rotatable bonds is 12. The minimum Gasteiger partial charge on any atom is -0.494 e. The molecule has 0 bridgehead atoms. The Balaban J connectivity index is 1.23. The first kappa shape index (κ1) is 32.7. The Kier molecular flexibility index (Phi) is 11.1. The molecule has 2 N–H and O–H groups in total. The Hall–Kier alpha value is -4.67. The van der Waals surface area contributed by atoms with Crippen molar-refractivity contribution in [3.05, 3.63) is 124 Å². The Bertz CT molecular complexity index is 1740. The normalized spacial score (nSPS) is 14.7. The number of unbranched alkanes of at least 4 members (excludes halogenated alkanes) is 1. The highest BCUT2D eigenvalue weighted by molar-refractivity contribution is 9.10. The molecule has 1 aliphatic rings. The summed E-state index contributed by atoms with van der Waals surface area (Å²) in [6.45, 7) is 2.71. The third-order valence-electron chi connectivity index (χ3n) is 7.05. The number of amides is 4. The fourth-order valence-corrected chi connectivity index (χ4v) is 6.15. The number of ether oxygens (including phenoxy) is 1. The Morgan fingerprint density at radius 2 is 1.70 bits per heavy atom. The molecule has 1 heterocycles. The molecule has 1 atom stereocenters. The van der Waals surface area contributed by atoms with Crippen molar-refractivity contribution in [2.45, 2.75) is 36.3 Å². The van der Waals surface area contributed by atoms with Crippen molar-refractivity contribution in [3.8, 4) is 5.75 Å². The quantitative estimate of drug-likeness (QED) is 0.0905. The molecule has 10 heteroatoms. The number of hydrogen-bond donors (Lipinski definition) is 2. The average Bonchev–Trinajstić information content (AvgIpc) is 3.34. The van der Waals surface area contributed by atoms with E-state index in [1.165, 1.54) is 16.7 Å². The van der Waals surface area contributed by atoms with E-state index in [0.29, 0.717) is 29.3 Å². The van der Waals surface area contributed by atoms with Gasteiger partial charge in [0.1, 0.15) is 11.4 Å². The number of anilines is 2. The predicted octanol–water partition coefficient (Wildman–Crippen LogP) is 7.46. The number of nitrogens with zero attached hydrogens (tertiary/aromatic N) is 1. The average molecular weight is 699 g/mol. The summed E-state index contributed by atoms with van der Waals surface area (Å²) in [6, 6.07) is 30.0. The molecule has 1 aliphatic heterocycles. The summed E-state index contributed by atoms with van der Waals surface area (Å²) in [5.41, 5.74) is 2.23. The number of halogens is 1. The molecule has 5 rings (SSSR count). The van der Waals surface area contributed by atoms with Crippen molar-refractivity contribution in [1.82, 2.24) is 5.32 Å². The molecule has 46 heavy (non-hydrogen) atoms. The van der Waals surface area contributed by atoms with Gasteiger partial charge in [-0.3, -0.25) is 19.2 Å². The summed E-state index contributed by atoms with van der Waals surface area (Å²) in [7, 11) is 0. The molecule has 4 aromatic rings. The van der Waals surface area contributed by atoms with Crippen molar-refractivity contribution in [1.29, 1.82) is 0 Å². The summed E-state index contributed by atoms with van der Waals surface area (Å²) < 4.78 is 6.52. The van der Waals surface area contributed by atoms with Gasteiger partial charge >= 0.3 is 0 Å². The van der Waals surface area contributed by atoms with Crippen LogP contribution in [0, 0.1) is 0 Å². The second kappa shape index (κ2) is 15.6. The van der Waals surface area contributed by atoms with Crippen LogP contribution in [0.15, 0.2) is 118 Å². The second-order valence-electron chi connectivity index (χ2n) is 10.5. The number of hydrogen-bond acceptors (Lipinski definition) is 6. The smallest absolute Gasteiger partial charge is 0.272 e. The van der Waals surface area contributed by atoms with Gasteiger partial charge in [0.15, 0.2) is 0 Å². The number of thioether (sulfide) groups is 1. The van der Waals surface area contributed by atoms with Crippen LogP contribution in [0.3, 0.4) is 0 Å². The molecule has 1 fully saturated rings.